The molecule has 0 radical (unpaired) electrons. The summed E-state index contributed by atoms with van der Waals surface area (Å²) in [6.07, 6.45) is 0.829. The quantitative estimate of drug-likeness (QED) is 0.750. The van der Waals surface area contributed by atoms with Crippen molar-refractivity contribution in [3.63, 3.8) is 0 Å². The van der Waals surface area contributed by atoms with E-state index in [2.05, 4.69) is 5.43 Å². The third-order valence-electron chi connectivity index (χ3n) is 2.35. The molecule has 1 aromatic rings. The molecule has 0 aliphatic carbocycles. The fraction of sp³-hybridized carbons (Fsp3) is 0.273. The fourth-order valence-corrected chi connectivity index (χ4v) is 1.56. The minimum Gasteiger partial charge on any atom is -0.508 e. The Hall–Kier alpha value is -1.64. The van der Waals surface area contributed by atoms with E-state index in [4.69, 9.17) is 0 Å². The molecule has 2 rings (SSSR count). The van der Waals surface area contributed by atoms with Gasteiger partial charge in [0.05, 0.1) is 17.9 Å². The molecule has 14 heavy (non-hydrogen) atoms. The number of nitrogens with zero attached hydrogens (tertiary/aromatic N) is 1. The van der Waals surface area contributed by atoms with Gasteiger partial charge in [0.1, 0.15) is 5.76 Å². The topological polar surface area (TPSA) is 35.5 Å². The maximum Gasteiger partial charge on any atom is 0.134 e. The predicted octanol–water partition coefficient (Wildman–Crippen LogP) is 2.19. The van der Waals surface area contributed by atoms with Crippen LogP contribution >= 0.6 is 0 Å². The van der Waals surface area contributed by atoms with Crippen LogP contribution in [0.15, 0.2) is 41.8 Å². The summed E-state index contributed by atoms with van der Waals surface area (Å²) in [5.41, 5.74) is 5.15. The first kappa shape index (κ1) is 8.94. The van der Waals surface area contributed by atoms with Gasteiger partial charge < -0.3 is 5.11 Å². The molecule has 0 saturated carbocycles. The maximum atomic E-state index is 9.60. The summed E-state index contributed by atoms with van der Waals surface area (Å²) >= 11 is 0. The zero-order valence-corrected chi connectivity index (χ0v) is 8.20. The molecule has 1 aromatic carbocycles. The summed E-state index contributed by atoms with van der Waals surface area (Å²) in [4.78, 5) is 0. The van der Waals surface area contributed by atoms with Crippen LogP contribution in [0.1, 0.15) is 13.3 Å². The van der Waals surface area contributed by atoms with Crippen molar-refractivity contribution in [1.29, 1.82) is 0 Å². The largest absolute Gasteiger partial charge is 0.508 e. The highest BCUT2D eigenvalue weighted by Gasteiger charge is 2.19. The van der Waals surface area contributed by atoms with E-state index < -0.39 is 0 Å². The number of nitrogens with one attached hydrogen (secondary N) is 1. The lowest BCUT2D eigenvalue weighted by atomic mass is 10.3. The Morgan fingerprint density at radius 3 is 2.64 bits per heavy atom. The van der Waals surface area contributed by atoms with Gasteiger partial charge >= 0.3 is 0 Å². The van der Waals surface area contributed by atoms with Crippen LogP contribution < -0.4 is 10.4 Å². The Bertz CT molecular complexity index is 346. The minimum atomic E-state index is 0.441. The van der Waals surface area contributed by atoms with E-state index in [1.165, 1.54) is 0 Å². The number of hydrogen-bond donors (Lipinski definition) is 2. The summed E-state index contributed by atoms with van der Waals surface area (Å²) in [6.45, 7) is 2.57. The van der Waals surface area contributed by atoms with Crippen molar-refractivity contribution >= 4 is 5.69 Å². The average molecular weight is 190 g/mol. The SMILES string of the molecule is CCC1=C(O)CN(c2ccccc2)N1. The second-order valence-electron chi connectivity index (χ2n) is 3.31. The van der Waals surface area contributed by atoms with Gasteiger partial charge in [0.25, 0.3) is 0 Å². The molecule has 0 atom stereocenters. The molecule has 0 fully saturated rings. The number of anilines is 1. The standard InChI is InChI=1S/C11H14N2O/c1-2-10-11(14)8-13(12-10)9-6-4-3-5-7-9/h3-7,12,14H,2,8H2,1H3. The monoisotopic (exact) mass is 190 g/mol. The molecule has 0 amide bonds. The molecule has 1 aliphatic heterocycles. The lowest BCUT2D eigenvalue weighted by molar-refractivity contribution is 0.403. The summed E-state index contributed by atoms with van der Waals surface area (Å²) in [5.74, 6) is 0.441. The number of hydrazine groups is 1. The Labute approximate surface area is 83.6 Å². The summed E-state index contributed by atoms with van der Waals surface area (Å²) in [6, 6.07) is 9.97. The molecule has 3 heteroatoms. The van der Waals surface area contributed by atoms with E-state index in [9.17, 15) is 5.11 Å². The van der Waals surface area contributed by atoms with Crippen LogP contribution in [0.5, 0.6) is 0 Å². The van der Waals surface area contributed by atoms with Gasteiger partial charge in [-0.2, -0.15) is 0 Å². The van der Waals surface area contributed by atoms with Crippen LogP contribution in [0.25, 0.3) is 0 Å². The van der Waals surface area contributed by atoms with Gasteiger partial charge in [-0.1, -0.05) is 25.1 Å². The number of hydrogen-bond acceptors (Lipinski definition) is 3. The zero-order chi connectivity index (χ0) is 9.97. The normalized spacial score (nSPS) is 15.9. The molecule has 0 spiro atoms. The second kappa shape index (κ2) is 3.62. The van der Waals surface area contributed by atoms with Crippen LogP contribution in [-0.2, 0) is 0 Å². The molecular weight excluding hydrogens is 176 g/mol. The van der Waals surface area contributed by atoms with Crippen molar-refractivity contribution in [3.05, 3.63) is 41.8 Å². The molecule has 2 N–H and O–H groups in total. The highest BCUT2D eigenvalue weighted by Crippen LogP contribution is 2.19. The predicted molar refractivity (Wildman–Crippen MR) is 56.9 cm³/mol. The molecular formula is C11H14N2O. The van der Waals surface area contributed by atoms with Crippen LogP contribution in [0.3, 0.4) is 0 Å². The van der Waals surface area contributed by atoms with Crippen molar-refractivity contribution in [2.24, 2.45) is 0 Å². The number of aliphatic hydroxyl groups is 1. The van der Waals surface area contributed by atoms with Crippen molar-refractivity contribution in [2.45, 2.75) is 13.3 Å². The van der Waals surface area contributed by atoms with Crippen LogP contribution in [0.4, 0.5) is 5.69 Å². The number of aliphatic hydroxyl groups excluding tert-OH is 1. The van der Waals surface area contributed by atoms with Gasteiger partial charge in [0.15, 0.2) is 0 Å². The summed E-state index contributed by atoms with van der Waals surface area (Å²) < 4.78 is 0. The Morgan fingerprint density at radius 2 is 2.07 bits per heavy atom. The smallest absolute Gasteiger partial charge is 0.134 e. The zero-order valence-electron chi connectivity index (χ0n) is 8.20. The molecule has 0 saturated heterocycles. The first-order chi connectivity index (χ1) is 6.81. The first-order valence-corrected chi connectivity index (χ1v) is 4.81. The molecule has 74 valence electrons. The van der Waals surface area contributed by atoms with Gasteiger partial charge in [-0.25, -0.2) is 0 Å². The Balaban J connectivity index is 2.13. The molecule has 0 aromatic heterocycles. The van der Waals surface area contributed by atoms with E-state index >= 15 is 0 Å². The minimum absolute atomic E-state index is 0.441. The molecule has 0 unspecified atom stereocenters. The van der Waals surface area contributed by atoms with E-state index in [-0.39, 0.29) is 0 Å². The lowest BCUT2D eigenvalue weighted by Crippen LogP contribution is -2.31. The lowest BCUT2D eigenvalue weighted by Gasteiger charge is -2.19. The van der Waals surface area contributed by atoms with E-state index in [0.29, 0.717) is 12.3 Å². The maximum absolute atomic E-state index is 9.60. The number of para-hydroxylation sites is 1. The van der Waals surface area contributed by atoms with Crippen molar-refractivity contribution in [2.75, 3.05) is 11.6 Å². The van der Waals surface area contributed by atoms with Gasteiger partial charge in [0, 0.05) is 0 Å². The summed E-state index contributed by atoms with van der Waals surface area (Å²) in [7, 11) is 0. The van der Waals surface area contributed by atoms with Gasteiger partial charge in [0.2, 0.25) is 0 Å². The number of benzene rings is 1. The van der Waals surface area contributed by atoms with Gasteiger partial charge in [-0.05, 0) is 18.6 Å². The van der Waals surface area contributed by atoms with E-state index in [0.717, 1.165) is 17.8 Å². The van der Waals surface area contributed by atoms with Gasteiger partial charge in [-0.15, -0.1) is 0 Å². The fourth-order valence-electron chi connectivity index (χ4n) is 1.56. The molecule has 3 nitrogen and oxygen atoms in total. The highest BCUT2D eigenvalue weighted by atomic mass is 16.3. The van der Waals surface area contributed by atoms with Crippen LogP contribution in [-0.4, -0.2) is 11.7 Å². The third-order valence-corrected chi connectivity index (χ3v) is 2.35. The number of allylic oxidation sites excluding steroid dienone is 1. The van der Waals surface area contributed by atoms with Crippen LogP contribution in [0, 0.1) is 0 Å². The van der Waals surface area contributed by atoms with E-state index in [1.54, 1.807) is 0 Å². The van der Waals surface area contributed by atoms with Crippen molar-refractivity contribution in [3.8, 4) is 0 Å². The highest BCUT2D eigenvalue weighted by molar-refractivity contribution is 5.48. The van der Waals surface area contributed by atoms with Crippen molar-refractivity contribution in [1.82, 2.24) is 5.43 Å². The second-order valence-corrected chi connectivity index (χ2v) is 3.31. The Kier molecular flexibility index (Phi) is 2.31. The average Bonchev–Trinajstić information content (AvgIpc) is 2.61. The molecule has 1 aliphatic rings. The first-order valence-electron chi connectivity index (χ1n) is 4.81. The van der Waals surface area contributed by atoms with Crippen LogP contribution in [0.2, 0.25) is 0 Å². The summed E-state index contributed by atoms with van der Waals surface area (Å²) in [5, 5.41) is 11.5. The van der Waals surface area contributed by atoms with Gasteiger partial charge in [-0.3, -0.25) is 10.4 Å². The van der Waals surface area contributed by atoms with Crippen molar-refractivity contribution < 1.29 is 5.11 Å². The number of rotatable bonds is 2. The Morgan fingerprint density at radius 1 is 1.36 bits per heavy atom. The third kappa shape index (κ3) is 1.53. The van der Waals surface area contributed by atoms with E-state index in [1.807, 2.05) is 42.3 Å². The molecule has 1 heterocycles. The molecule has 0 bridgehead atoms.